The molecule has 0 saturated carbocycles. The van der Waals surface area contributed by atoms with Gasteiger partial charge in [0.05, 0.1) is 6.26 Å². The molecule has 0 aliphatic rings. The second-order valence-corrected chi connectivity index (χ2v) is 4.85. The Morgan fingerprint density at radius 2 is 2.05 bits per heavy atom. The summed E-state index contributed by atoms with van der Waals surface area (Å²) in [6, 6.07) is 9.32. The Bertz CT molecular complexity index is 607. The van der Waals surface area contributed by atoms with Crippen LogP contribution in [0.3, 0.4) is 0 Å². The number of para-hydroxylation sites is 1. The SMILES string of the molecule is Cc1occc1CN(C)C(=O)COc1ccccc1CN. The predicted molar refractivity (Wildman–Crippen MR) is 79.7 cm³/mol. The molecule has 1 aromatic carbocycles. The third-order valence-corrected chi connectivity index (χ3v) is 3.34. The Morgan fingerprint density at radius 1 is 1.29 bits per heavy atom. The van der Waals surface area contributed by atoms with E-state index in [1.54, 1.807) is 18.2 Å². The van der Waals surface area contributed by atoms with Crippen molar-refractivity contribution >= 4 is 5.91 Å². The number of carbonyl (C=O) groups excluding carboxylic acids is 1. The number of hydrogen-bond acceptors (Lipinski definition) is 4. The van der Waals surface area contributed by atoms with Crippen LogP contribution in [0.15, 0.2) is 41.0 Å². The van der Waals surface area contributed by atoms with Crippen molar-refractivity contribution in [1.82, 2.24) is 4.90 Å². The number of nitrogens with two attached hydrogens (primary N) is 1. The summed E-state index contributed by atoms with van der Waals surface area (Å²) < 4.78 is 10.8. The molecule has 2 N–H and O–H groups in total. The highest BCUT2D eigenvalue weighted by Gasteiger charge is 2.13. The van der Waals surface area contributed by atoms with Gasteiger partial charge in [-0.1, -0.05) is 18.2 Å². The summed E-state index contributed by atoms with van der Waals surface area (Å²) in [5.74, 6) is 1.38. The van der Waals surface area contributed by atoms with Gasteiger partial charge < -0.3 is 19.8 Å². The zero-order valence-corrected chi connectivity index (χ0v) is 12.3. The van der Waals surface area contributed by atoms with E-state index >= 15 is 0 Å². The first kappa shape index (κ1) is 15.1. The molecule has 0 atom stereocenters. The number of benzene rings is 1. The van der Waals surface area contributed by atoms with Crippen molar-refractivity contribution in [2.24, 2.45) is 5.73 Å². The fourth-order valence-corrected chi connectivity index (χ4v) is 1.98. The summed E-state index contributed by atoms with van der Waals surface area (Å²) in [6.45, 7) is 2.75. The molecule has 0 spiro atoms. The minimum atomic E-state index is -0.0950. The predicted octanol–water partition coefficient (Wildman–Crippen LogP) is 2.08. The Balaban J connectivity index is 1.91. The summed E-state index contributed by atoms with van der Waals surface area (Å²) in [5, 5.41) is 0. The number of carbonyl (C=O) groups is 1. The van der Waals surface area contributed by atoms with Crippen molar-refractivity contribution in [3.05, 3.63) is 53.5 Å². The van der Waals surface area contributed by atoms with Gasteiger partial charge in [-0.2, -0.15) is 0 Å². The van der Waals surface area contributed by atoms with Crippen LogP contribution in [-0.4, -0.2) is 24.5 Å². The van der Waals surface area contributed by atoms with Crippen molar-refractivity contribution in [2.75, 3.05) is 13.7 Å². The molecule has 1 heterocycles. The molecule has 0 bridgehead atoms. The van der Waals surface area contributed by atoms with E-state index in [0.29, 0.717) is 18.8 Å². The summed E-state index contributed by atoms with van der Waals surface area (Å²) >= 11 is 0. The lowest BCUT2D eigenvalue weighted by Crippen LogP contribution is -2.31. The summed E-state index contributed by atoms with van der Waals surface area (Å²) in [6.07, 6.45) is 1.62. The number of amides is 1. The van der Waals surface area contributed by atoms with Crippen molar-refractivity contribution in [3.8, 4) is 5.75 Å². The molecule has 0 saturated heterocycles. The van der Waals surface area contributed by atoms with Gasteiger partial charge in [0.1, 0.15) is 11.5 Å². The highest BCUT2D eigenvalue weighted by Crippen LogP contribution is 2.17. The van der Waals surface area contributed by atoms with E-state index in [-0.39, 0.29) is 12.5 Å². The zero-order chi connectivity index (χ0) is 15.2. The molecular formula is C16H20N2O3. The first-order valence-corrected chi connectivity index (χ1v) is 6.79. The van der Waals surface area contributed by atoms with Gasteiger partial charge in [-0.15, -0.1) is 0 Å². The fourth-order valence-electron chi connectivity index (χ4n) is 1.98. The van der Waals surface area contributed by atoms with E-state index < -0.39 is 0 Å². The average Bonchev–Trinajstić information content (AvgIpc) is 2.90. The second kappa shape index (κ2) is 6.95. The molecular weight excluding hydrogens is 268 g/mol. The number of nitrogens with zero attached hydrogens (tertiary/aromatic N) is 1. The standard InChI is InChI=1S/C16H20N2O3/c1-12-14(7-8-20-12)10-18(2)16(19)11-21-15-6-4-3-5-13(15)9-17/h3-8H,9-11,17H2,1-2H3. The van der Waals surface area contributed by atoms with Gasteiger partial charge in [-0.25, -0.2) is 0 Å². The molecule has 2 aromatic rings. The number of rotatable bonds is 6. The Labute approximate surface area is 124 Å². The largest absolute Gasteiger partial charge is 0.483 e. The van der Waals surface area contributed by atoms with Crippen LogP contribution in [0.2, 0.25) is 0 Å². The van der Waals surface area contributed by atoms with E-state index in [1.165, 1.54) is 0 Å². The smallest absolute Gasteiger partial charge is 0.260 e. The van der Waals surface area contributed by atoms with Crippen LogP contribution in [-0.2, 0) is 17.9 Å². The van der Waals surface area contributed by atoms with Crippen LogP contribution in [0.25, 0.3) is 0 Å². The Kier molecular flexibility index (Phi) is 5.00. The van der Waals surface area contributed by atoms with Crippen LogP contribution in [0.1, 0.15) is 16.9 Å². The summed E-state index contributed by atoms with van der Waals surface area (Å²) in [7, 11) is 1.74. The summed E-state index contributed by atoms with van der Waals surface area (Å²) in [5.41, 5.74) is 7.52. The number of likely N-dealkylation sites (N-methyl/N-ethyl adjacent to an activating group) is 1. The zero-order valence-electron chi connectivity index (χ0n) is 12.3. The van der Waals surface area contributed by atoms with Crippen molar-refractivity contribution in [3.63, 3.8) is 0 Å². The molecule has 0 aliphatic carbocycles. The van der Waals surface area contributed by atoms with Gasteiger partial charge in [0, 0.05) is 31.3 Å². The Hall–Kier alpha value is -2.27. The van der Waals surface area contributed by atoms with E-state index in [2.05, 4.69) is 0 Å². The lowest BCUT2D eigenvalue weighted by atomic mass is 10.2. The van der Waals surface area contributed by atoms with Crippen LogP contribution in [0.5, 0.6) is 5.75 Å². The number of hydrogen-bond donors (Lipinski definition) is 1. The van der Waals surface area contributed by atoms with E-state index in [0.717, 1.165) is 16.9 Å². The normalized spacial score (nSPS) is 10.4. The maximum atomic E-state index is 12.1. The van der Waals surface area contributed by atoms with Gasteiger partial charge in [-0.3, -0.25) is 4.79 Å². The molecule has 112 valence electrons. The quantitative estimate of drug-likeness (QED) is 0.883. The van der Waals surface area contributed by atoms with Crippen LogP contribution in [0.4, 0.5) is 0 Å². The lowest BCUT2D eigenvalue weighted by Gasteiger charge is -2.17. The maximum absolute atomic E-state index is 12.1. The summed E-state index contributed by atoms with van der Waals surface area (Å²) in [4.78, 5) is 13.7. The van der Waals surface area contributed by atoms with Crippen LogP contribution < -0.4 is 10.5 Å². The van der Waals surface area contributed by atoms with E-state index in [1.807, 2.05) is 37.3 Å². The highest BCUT2D eigenvalue weighted by atomic mass is 16.5. The molecule has 5 heteroatoms. The van der Waals surface area contributed by atoms with Crippen molar-refractivity contribution in [1.29, 1.82) is 0 Å². The molecule has 1 aromatic heterocycles. The molecule has 2 rings (SSSR count). The lowest BCUT2D eigenvalue weighted by molar-refractivity contribution is -0.132. The topological polar surface area (TPSA) is 68.7 Å². The highest BCUT2D eigenvalue weighted by molar-refractivity contribution is 5.77. The van der Waals surface area contributed by atoms with Gasteiger partial charge in [0.2, 0.25) is 0 Å². The second-order valence-electron chi connectivity index (χ2n) is 4.85. The molecule has 21 heavy (non-hydrogen) atoms. The number of ether oxygens (including phenoxy) is 1. The monoisotopic (exact) mass is 288 g/mol. The third-order valence-electron chi connectivity index (χ3n) is 3.34. The third kappa shape index (κ3) is 3.86. The van der Waals surface area contributed by atoms with Crippen molar-refractivity contribution in [2.45, 2.75) is 20.0 Å². The van der Waals surface area contributed by atoms with Crippen molar-refractivity contribution < 1.29 is 13.9 Å². The van der Waals surface area contributed by atoms with E-state index in [9.17, 15) is 4.79 Å². The minimum Gasteiger partial charge on any atom is -0.483 e. The molecule has 0 unspecified atom stereocenters. The van der Waals surface area contributed by atoms with Crippen LogP contribution in [0, 0.1) is 6.92 Å². The number of aryl methyl sites for hydroxylation is 1. The molecule has 1 amide bonds. The van der Waals surface area contributed by atoms with Gasteiger partial charge in [0.15, 0.2) is 6.61 Å². The van der Waals surface area contributed by atoms with Crippen LogP contribution >= 0.6 is 0 Å². The van der Waals surface area contributed by atoms with Gasteiger partial charge >= 0.3 is 0 Å². The molecule has 0 radical (unpaired) electrons. The molecule has 5 nitrogen and oxygen atoms in total. The first-order chi connectivity index (χ1) is 10.1. The van der Waals surface area contributed by atoms with E-state index in [4.69, 9.17) is 14.9 Å². The molecule has 0 aliphatic heterocycles. The average molecular weight is 288 g/mol. The maximum Gasteiger partial charge on any atom is 0.260 e. The minimum absolute atomic E-state index is 0.00951. The van der Waals surface area contributed by atoms with Gasteiger partial charge in [0.25, 0.3) is 5.91 Å². The fraction of sp³-hybridized carbons (Fsp3) is 0.312. The van der Waals surface area contributed by atoms with Gasteiger partial charge in [-0.05, 0) is 19.1 Å². The molecule has 0 fully saturated rings. The first-order valence-electron chi connectivity index (χ1n) is 6.79. The Morgan fingerprint density at radius 3 is 2.71 bits per heavy atom. The number of furan rings is 1.